The number of nitrogens with one attached hydrogen (secondary N) is 2. The van der Waals surface area contributed by atoms with Gasteiger partial charge in [0.15, 0.2) is 0 Å². The van der Waals surface area contributed by atoms with E-state index in [4.69, 9.17) is 8.85 Å². The summed E-state index contributed by atoms with van der Waals surface area (Å²) in [6.07, 6.45) is -6.17. The summed E-state index contributed by atoms with van der Waals surface area (Å²) < 4.78 is 96.3. The molecule has 2 unspecified atom stereocenters. The van der Waals surface area contributed by atoms with Crippen molar-refractivity contribution in [2.45, 2.75) is 38.2 Å². The molecule has 2 aromatic carbocycles. The van der Waals surface area contributed by atoms with Crippen LogP contribution in [0.5, 0.6) is 5.75 Å². The Labute approximate surface area is 240 Å². The number of fused-ring (bicyclic) bond motifs is 1. The van der Waals surface area contributed by atoms with Gasteiger partial charge in [-0.05, 0) is 61.5 Å². The van der Waals surface area contributed by atoms with Gasteiger partial charge in [0.1, 0.15) is 19.1 Å². The number of ether oxygens (including phenoxy) is 1. The van der Waals surface area contributed by atoms with Crippen LogP contribution in [0.2, 0.25) is 0 Å². The monoisotopic (exact) mass is 598 g/mol. The van der Waals surface area contributed by atoms with Crippen molar-refractivity contribution in [1.82, 2.24) is 4.90 Å². The summed E-state index contributed by atoms with van der Waals surface area (Å²) in [6.45, 7) is 6.83. The minimum absolute atomic E-state index is 0.0308. The van der Waals surface area contributed by atoms with Crippen molar-refractivity contribution in [3.8, 4) is 17.6 Å². The number of rotatable bonds is 8. The second kappa shape index (κ2) is 12.4. The van der Waals surface area contributed by atoms with Gasteiger partial charge < -0.3 is 24.8 Å². The normalized spacial score (nSPS) is 19.7. The number of piperidine rings is 1. The molecule has 0 saturated carbocycles. The van der Waals surface area contributed by atoms with Gasteiger partial charge in [-0.15, -0.1) is 11.3 Å². The Kier molecular flexibility index (Phi) is 8.13. The first-order chi connectivity index (χ1) is 20.0. The fourth-order valence-electron chi connectivity index (χ4n) is 4.72. The Morgan fingerprint density at radius 1 is 1.25 bits per heavy atom. The molecule has 0 bridgehead atoms. The Morgan fingerprint density at radius 2 is 2.05 bits per heavy atom. The van der Waals surface area contributed by atoms with Crippen LogP contribution in [0.4, 0.5) is 28.9 Å². The van der Waals surface area contributed by atoms with Gasteiger partial charge in [0.05, 0.1) is 51.1 Å². The third-order valence-electron chi connectivity index (χ3n) is 6.88. The molecular weight excluding hydrogens is 561 g/mol. The molecule has 0 aliphatic carbocycles. The molecule has 1 aromatic heterocycles. The molecule has 1 saturated heterocycles. The number of benzene rings is 2. The SMILES string of the molecule is [2H]C([2H])([2H])Oc1cc(P(C)(C)=O)ccc1NCC#Cc1sc2c(NC3CCN(CC)CC3F)cccc2c1CC(F)(F)F. The van der Waals surface area contributed by atoms with E-state index < -0.39 is 39.0 Å². The van der Waals surface area contributed by atoms with Gasteiger partial charge in [0.25, 0.3) is 0 Å². The summed E-state index contributed by atoms with van der Waals surface area (Å²) >= 11 is 1.12. The number of thiophene rings is 1. The Bertz CT molecular complexity index is 1560. The molecule has 4 rings (SSSR count). The second-order valence-corrected chi connectivity index (χ2v) is 14.4. The summed E-state index contributed by atoms with van der Waals surface area (Å²) in [5, 5.41) is 7.04. The van der Waals surface area contributed by atoms with Gasteiger partial charge in [-0.25, -0.2) is 4.39 Å². The summed E-state index contributed by atoms with van der Waals surface area (Å²) in [6, 6.07) is 9.10. The van der Waals surface area contributed by atoms with Crippen LogP contribution in [-0.2, 0) is 11.0 Å². The van der Waals surface area contributed by atoms with Crippen LogP contribution in [-0.4, -0.2) is 69.8 Å². The molecule has 3 aromatic rings. The van der Waals surface area contributed by atoms with Crippen molar-refractivity contribution in [3.05, 3.63) is 46.8 Å². The highest BCUT2D eigenvalue weighted by Gasteiger charge is 2.32. The molecular formula is C29H34F4N3O2PS. The molecule has 1 fully saturated rings. The lowest BCUT2D eigenvalue weighted by Crippen LogP contribution is -2.47. The molecule has 1 aliphatic heterocycles. The van der Waals surface area contributed by atoms with Gasteiger partial charge in [-0.3, -0.25) is 0 Å². The van der Waals surface area contributed by atoms with E-state index in [1.807, 2.05) is 11.8 Å². The van der Waals surface area contributed by atoms with Gasteiger partial charge >= 0.3 is 6.18 Å². The van der Waals surface area contributed by atoms with E-state index in [1.165, 1.54) is 12.1 Å². The largest absolute Gasteiger partial charge is 0.495 e. The maximum absolute atomic E-state index is 14.9. The number of nitrogens with zero attached hydrogens (tertiary/aromatic N) is 1. The zero-order valence-corrected chi connectivity index (χ0v) is 24.2. The van der Waals surface area contributed by atoms with Crippen LogP contribution in [0, 0.1) is 11.8 Å². The lowest BCUT2D eigenvalue weighted by atomic mass is 10.0. The molecule has 5 nitrogen and oxygen atoms in total. The molecule has 0 radical (unpaired) electrons. The van der Waals surface area contributed by atoms with E-state index in [0.717, 1.165) is 24.4 Å². The van der Waals surface area contributed by atoms with Crippen LogP contribution in [0.3, 0.4) is 0 Å². The van der Waals surface area contributed by atoms with Crippen molar-refractivity contribution in [2.75, 3.05) is 57.2 Å². The van der Waals surface area contributed by atoms with Gasteiger partial charge in [0, 0.05) is 18.4 Å². The lowest BCUT2D eigenvalue weighted by Gasteiger charge is -2.35. The van der Waals surface area contributed by atoms with Crippen LogP contribution in [0.1, 0.15) is 27.9 Å². The van der Waals surface area contributed by atoms with Crippen LogP contribution in [0.15, 0.2) is 36.4 Å². The molecule has 11 heteroatoms. The first-order valence-electron chi connectivity index (χ1n) is 14.4. The van der Waals surface area contributed by atoms with Crippen LogP contribution >= 0.6 is 18.5 Å². The summed E-state index contributed by atoms with van der Waals surface area (Å²) in [4.78, 5) is 2.27. The van der Waals surface area contributed by atoms with Crippen LogP contribution < -0.4 is 20.7 Å². The maximum Gasteiger partial charge on any atom is 0.393 e. The number of likely N-dealkylation sites (tertiary alicyclic amines) is 1. The number of methoxy groups -OCH3 is 1. The minimum atomic E-state index is -4.47. The fourth-order valence-corrected chi connectivity index (χ4v) is 6.75. The second-order valence-electron chi connectivity index (χ2n) is 10.1. The summed E-state index contributed by atoms with van der Waals surface area (Å²) in [7, 11) is -5.45. The van der Waals surface area contributed by atoms with Crippen molar-refractivity contribution in [3.63, 3.8) is 0 Å². The third kappa shape index (κ3) is 7.31. The van der Waals surface area contributed by atoms with E-state index >= 15 is 0 Å². The van der Waals surface area contributed by atoms with E-state index in [-0.39, 0.29) is 28.4 Å². The van der Waals surface area contributed by atoms with Crippen molar-refractivity contribution in [1.29, 1.82) is 0 Å². The molecule has 216 valence electrons. The van der Waals surface area contributed by atoms with Crippen molar-refractivity contribution in [2.24, 2.45) is 0 Å². The molecule has 40 heavy (non-hydrogen) atoms. The number of hydrogen-bond donors (Lipinski definition) is 2. The Balaban J connectivity index is 1.61. The highest BCUT2D eigenvalue weighted by molar-refractivity contribution is 7.70. The first-order valence-corrected chi connectivity index (χ1v) is 16.3. The first kappa shape index (κ1) is 26.2. The Morgan fingerprint density at radius 3 is 2.73 bits per heavy atom. The topological polar surface area (TPSA) is 53.6 Å². The molecule has 2 atom stereocenters. The highest BCUT2D eigenvalue weighted by Crippen LogP contribution is 2.40. The van der Waals surface area contributed by atoms with Gasteiger partial charge in [0.2, 0.25) is 0 Å². The molecule has 2 N–H and O–H groups in total. The zero-order valence-electron chi connectivity index (χ0n) is 25.5. The predicted molar refractivity (Wildman–Crippen MR) is 158 cm³/mol. The average molecular weight is 599 g/mol. The number of hydrogen-bond acceptors (Lipinski definition) is 6. The zero-order chi connectivity index (χ0) is 31.6. The fraction of sp³-hybridized carbons (Fsp3) is 0.448. The number of alkyl halides is 4. The van der Waals surface area contributed by atoms with E-state index in [0.29, 0.717) is 34.0 Å². The van der Waals surface area contributed by atoms with E-state index in [9.17, 15) is 22.1 Å². The predicted octanol–water partition coefficient (Wildman–Crippen LogP) is 6.57. The van der Waals surface area contributed by atoms with E-state index in [2.05, 4.69) is 22.5 Å². The van der Waals surface area contributed by atoms with Gasteiger partial charge in [-0.2, -0.15) is 13.2 Å². The summed E-state index contributed by atoms with van der Waals surface area (Å²) in [5.74, 6) is 5.66. The highest BCUT2D eigenvalue weighted by atomic mass is 32.1. The average Bonchev–Trinajstić information content (AvgIpc) is 3.23. The molecule has 0 amide bonds. The number of anilines is 2. The van der Waals surface area contributed by atoms with Gasteiger partial charge in [-0.1, -0.05) is 30.9 Å². The Hall–Kier alpha value is -2.73. The van der Waals surface area contributed by atoms with Crippen molar-refractivity contribution < 1.29 is 31.0 Å². The quantitative estimate of drug-likeness (QED) is 0.175. The van der Waals surface area contributed by atoms with E-state index in [1.54, 1.807) is 37.6 Å². The smallest absolute Gasteiger partial charge is 0.393 e. The van der Waals surface area contributed by atoms with Crippen molar-refractivity contribution >= 4 is 45.2 Å². The maximum atomic E-state index is 14.9. The lowest BCUT2D eigenvalue weighted by molar-refractivity contribution is -0.126. The molecule has 0 spiro atoms. The minimum Gasteiger partial charge on any atom is -0.495 e. The molecule has 2 heterocycles. The third-order valence-corrected chi connectivity index (χ3v) is 9.59. The standard InChI is InChI=1S/C29H34F4N3O2PS/c1-5-36-15-13-23(22(30)18-36)35-25-9-6-8-20-21(17-29(31,32)33)27(40-28(20)25)10-7-14-34-24-12-11-19(39(3,4)37)16-26(24)38-2/h6,8-9,11-12,16,22-23,34-35H,5,13-15,17-18H2,1-4H3/i2D3. The van der Waals surface area contributed by atoms with Crippen LogP contribution in [0.25, 0.3) is 10.1 Å². The number of halogens is 4. The summed E-state index contributed by atoms with van der Waals surface area (Å²) in [5.41, 5.74) is 0.917. The molecule has 1 aliphatic rings.